The number of hydrogen-bond donors (Lipinski definition) is 6. The Kier molecular flexibility index (Phi) is 18.1. The second-order valence-electron chi connectivity index (χ2n) is 20.5. The summed E-state index contributed by atoms with van der Waals surface area (Å²) in [5, 5.41) is 31.6. The van der Waals surface area contributed by atoms with E-state index < -0.39 is 103 Å². The molecule has 6 N–H and O–H groups in total. The first kappa shape index (κ1) is 59.4. The van der Waals surface area contributed by atoms with Gasteiger partial charge in [0.1, 0.15) is 17.9 Å². The van der Waals surface area contributed by atoms with Crippen molar-refractivity contribution in [2.45, 2.75) is 115 Å². The number of anilines is 1. The molecule has 5 heterocycles. The predicted molar refractivity (Wildman–Crippen MR) is 263 cm³/mol. The summed E-state index contributed by atoms with van der Waals surface area (Å²) in [5.74, 6) is 2.29. The van der Waals surface area contributed by atoms with Gasteiger partial charge in [0.15, 0.2) is 0 Å². The van der Waals surface area contributed by atoms with Gasteiger partial charge in [-0.05, 0) is 76.8 Å². The number of amides is 4. The van der Waals surface area contributed by atoms with Crippen molar-refractivity contribution in [3.8, 4) is 23.1 Å². The van der Waals surface area contributed by atoms with E-state index in [0.29, 0.717) is 78.1 Å². The molecule has 3 fully saturated rings. The smallest absolute Gasteiger partial charge is 0.407 e. The number of piperazine rings is 1. The van der Waals surface area contributed by atoms with Gasteiger partial charge < -0.3 is 40.5 Å². The van der Waals surface area contributed by atoms with Crippen LogP contribution in [0.25, 0.3) is 11.3 Å². The summed E-state index contributed by atoms with van der Waals surface area (Å²) in [6.07, 6.45) is -10.1. The fraction of sp³-hybridized carbons (Fsp3) is 0.510. The highest BCUT2D eigenvalue weighted by molar-refractivity contribution is 5.87. The number of aliphatic hydroxyl groups is 1. The number of aliphatic hydroxyl groups excluding tert-OH is 1. The van der Waals surface area contributed by atoms with Gasteiger partial charge in [0.05, 0.1) is 60.6 Å². The first-order valence-corrected chi connectivity index (χ1v) is 24.7. The molecule has 28 heteroatoms. The van der Waals surface area contributed by atoms with Gasteiger partial charge in [-0.3, -0.25) is 19.9 Å². The van der Waals surface area contributed by atoms with Crippen LogP contribution in [0.2, 0.25) is 0 Å². The second kappa shape index (κ2) is 24.0. The number of aromatic nitrogens is 4. The molecule has 3 aliphatic heterocycles. The third-order valence-corrected chi connectivity index (χ3v) is 14.4. The van der Waals surface area contributed by atoms with E-state index >= 15 is 4.39 Å². The van der Waals surface area contributed by atoms with Crippen LogP contribution in [0.1, 0.15) is 69.3 Å². The largest absolute Gasteiger partial charge is 0.465 e. The van der Waals surface area contributed by atoms with E-state index in [-0.39, 0.29) is 16.8 Å². The lowest BCUT2D eigenvalue weighted by atomic mass is 9.82. The molecule has 79 heavy (non-hydrogen) atoms. The molecule has 0 radical (unpaired) electrons. The van der Waals surface area contributed by atoms with Gasteiger partial charge in [0.25, 0.3) is 5.91 Å². The van der Waals surface area contributed by atoms with Gasteiger partial charge >= 0.3 is 31.1 Å². The zero-order chi connectivity index (χ0) is 57.8. The monoisotopic (exact) mass is 1120 g/mol. The highest BCUT2D eigenvalue weighted by atomic mass is 19.4. The number of carboxylic acid groups (broad SMARTS) is 1. The molecule has 0 saturated carbocycles. The maximum atomic E-state index is 16.0. The van der Waals surface area contributed by atoms with Crippen molar-refractivity contribution in [2.75, 3.05) is 44.9 Å². The van der Waals surface area contributed by atoms with E-state index in [1.54, 1.807) is 24.5 Å². The first-order chi connectivity index (χ1) is 37.1. The Morgan fingerprint density at radius 2 is 1.42 bits per heavy atom. The fourth-order valence-corrected chi connectivity index (χ4v) is 9.45. The molecule has 0 spiro atoms. The third kappa shape index (κ3) is 14.0. The number of carbonyl (C=O) groups excluding carboxylic acids is 3. The van der Waals surface area contributed by atoms with E-state index in [0.717, 1.165) is 70.7 Å². The van der Waals surface area contributed by atoms with Crippen molar-refractivity contribution in [3.63, 3.8) is 0 Å². The average molecular weight is 1120 g/mol. The van der Waals surface area contributed by atoms with Crippen molar-refractivity contribution in [3.05, 3.63) is 95.2 Å². The molecule has 0 aliphatic carbocycles. The van der Waals surface area contributed by atoms with Crippen LogP contribution in [-0.2, 0) is 32.0 Å². The number of ether oxygens (including phenoxy) is 2. The zero-order valence-corrected chi connectivity index (χ0v) is 43.2. The summed E-state index contributed by atoms with van der Waals surface area (Å²) in [6.45, 7) is 0.470. The number of carbonyl (C=O) groups is 4. The first-order valence-electron chi connectivity index (χ1n) is 24.7. The minimum Gasteiger partial charge on any atom is -0.465 e. The highest BCUT2D eigenvalue weighted by Gasteiger charge is 2.57. The number of rotatable bonds is 19. The van der Waals surface area contributed by atoms with Crippen LogP contribution in [-0.4, -0.2) is 159 Å². The van der Waals surface area contributed by atoms with E-state index in [9.17, 15) is 64.5 Å². The average Bonchev–Trinajstić information content (AvgIpc) is 4.10. The number of hydrazine groups is 1. The van der Waals surface area contributed by atoms with Crippen LogP contribution in [0.3, 0.4) is 0 Å². The SMILES string of the molecule is COC(=O)NC(C(=O)NC(Cc1ccc(C#Cc2cnc(N3CC4CCC(C3)N4C3COC3)nc2)cc1)C(O)CN(Cc1ccc(-c2ccn(C(F)F)n2)cc1F)NC(=O)C(NC(=O)O)C(C)(C)C(F)(F)F)C(C)(C)C(F)(F)F. The summed E-state index contributed by atoms with van der Waals surface area (Å²) in [5.41, 5.74) is -3.25. The van der Waals surface area contributed by atoms with Crippen LogP contribution in [0.5, 0.6) is 0 Å². The van der Waals surface area contributed by atoms with Gasteiger partial charge in [0.2, 0.25) is 11.9 Å². The number of methoxy groups -OCH3 is 1. The van der Waals surface area contributed by atoms with Crippen LogP contribution < -0.4 is 26.3 Å². The van der Waals surface area contributed by atoms with Gasteiger partial charge in [-0.25, -0.2) is 33.6 Å². The third-order valence-electron chi connectivity index (χ3n) is 14.4. The maximum absolute atomic E-state index is 16.0. The Morgan fingerprint density at radius 1 is 0.823 bits per heavy atom. The lowest BCUT2D eigenvalue weighted by Crippen LogP contribution is -2.63. The number of fused-ring (bicyclic) bond motifs is 2. The van der Waals surface area contributed by atoms with E-state index in [1.165, 1.54) is 23.5 Å². The summed E-state index contributed by atoms with van der Waals surface area (Å²) in [4.78, 5) is 65.9. The molecule has 6 unspecified atom stereocenters. The molecular weight excluding hydrogens is 1070 g/mol. The number of hydrogen-bond acceptors (Lipinski definition) is 13. The van der Waals surface area contributed by atoms with Gasteiger partial charge in [-0.2, -0.15) is 40.2 Å². The van der Waals surface area contributed by atoms with Crippen LogP contribution in [0, 0.1) is 28.5 Å². The van der Waals surface area contributed by atoms with Crippen LogP contribution in [0.15, 0.2) is 67.1 Å². The minimum absolute atomic E-state index is 0.0136. The summed E-state index contributed by atoms with van der Waals surface area (Å²) in [7, 11) is 0.833. The topological polar surface area (TPSA) is 229 Å². The summed E-state index contributed by atoms with van der Waals surface area (Å²) < 4.78 is 139. The number of alkyl halides is 8. The quantitative estimate of drug-likeness (QED) is 0.0372. The normalized spacial score (nSPS) is 18.7. The molecule has 2 aromatic carbocycles. The fourth-order valence-electron chi connectivity index (χ4n) is 9.45. The van der Waals surface area contributed by atoms with E-state index in [4.69, 9.17) is 4.74 Å². The van der Waals surface area contributed by atoms with Crippen molar-refractivity contribution >= 4 is 29.9 Å². The van der Waals surface area contributed by atoms with Gasteiger partial charge in [0, 0.05) is 73.5 Å². The van der Waals surface area contributed by atoms with Gasteiger partial charge in [-0.15, -0.1) is 0 Å². The molecule has 4 aromatic rings. The van der Waals surface area contributed by atoms with Crippen molar-refractivity contribution in [1.82, 2.24) is 51.0 Å². The van der Waals surface area contributed by atoms with E-state index in [2.05, 4.69) is 52.2 Å². The molecule has 3 saturated heterocycles. The van der Waals surface area contributed by atoms with Crippen LogP contribution in [0.4, 0.5) is 55.1 Å². The molecular formula is C51H58F9N11O8. The standard InChI is InChI=1S/C51H58F9N11O8/c1-48(2,50(55,56)57)40(65-47(77)78-5)42(73)63-38(18-29-9-6-28(7-10-29)8-11-30-20-61-45(62-21-30)68-23-33-14-15-34(24-68)71(33)35-26-79-27-35)39(72)25-69(67-43(74)41(64-46(75)76)49(3,4)51(58,59)60)22-32-13-12-31(19-36(32)52)37-16-17-70(66-37)44(53)54/h6-7,9-10,12-13,16-17,19-21,33-35,38-41,44,64,72H,14-15,18,22-27H2,1-5H3,(H,63,73)(H,65,77)(H,67,74)(H,75,76). The Hall–Kier alpha value is -7.22. The lowest BCUT2D eigenvalue weighted by Gasteiger charge is -2.47. The molecule has 19 nitrogen and oxygen atoms in total. The Balaban J connectivity index is 1.16. The number of halogens is 9. The minimum atomic E-state index is -5.22. The number of alkyl carbamates (subject to hydrolysis) is 1. The highest BCUT2D eigenvalue weighted by Crippen LogP contribution is 2.42. The molecule has 6 atom stereocenters. The van der Waals surface area contributed by atoms with Gasteiger partial charge in [-0.1, -0.05) is 36.1 Å². The lowest BCUT2D eigenvalue weighted by molar-refractivity contribution is -0.221. The van der Waals surface area contributed by atoms with Crippen molar-refractivity contribution < 1.29 is 78.4 Å². The Morgan fingerprint density at radius 3 is 1.94 bits per heavy atom. The summed E-state index contributed by atoms with van der Waals surface area (Å²) >= 11 is 0. The Labute approximate surface area is 447 Å². The van der Waals surface area contributed by atoms with Crippen LogP contribution >= 0.6 is 0 Å². The molecule has 7 rings (SSSR count). The molecule has 2 aromatic heterocycles. The molecule has 3 aliphatic rings. The number of nitrogens with one attached hydrogen (secondary N) is 4. The number of benzene rings is 2. The number of nitrogens with zero attached hydrogens (tertiary/aromatic N) is 7. The maximum Gasteiger partial charge on any atom is 0.407 e. The molecule has 2 bridgehead atoms. The summed E-state index contributed by atoms with van der Waals surface area (Å²) in [6, 6.07) is 4.92. The molecule has 428 valence electrons. The zero-order valence-electron chi connectivity index (χ0n) is 43.2. The second-order valence-corrected chi connectivity index (χ2v) is 20.5. The van der Waals surface area contributed by atoms with Crippen molar-refractivity contribution in [1.29, 1.82) is 0 Å². The predicted octanol–water partition coefficient (Wildman–Crippen LogP) is 5.79. The molecule has 4 amide bonds. The Bertz CT molecular complexity index is 2860. The van der Waals surface area contributed by atoms with E-state index in [1.807, 2.05) is 5.32 Å². The van der Waals surface area contributed by atoms with Crippen molar-refractivity contribution in [2.24, 2.45) is 10.8 Å².